The van der Waals surface area contributed by atoms with Crippen LogP contribution in [0.2, 0.25) is 0 Å². The zero-order valence-corrected chi connectivity index (χ0v) is 14.7. The van der Waals surface area contributed by atoms with Gasteiger partial charge in [0.25, 0.3) is 0 Å². The van der Waals surface area contributed by atoms with Crippen LogP contribution in [0.1, 0.15) is 36.8 Å². The second-order valence-corrected chi connectivity index (χ2v) is 6.33. The van der Waals surface area contributed by atoms with Gasteiger partial charge in [0.15, 0.2) is 5.96 Å². The van der Waals surface area contributed by atoms with E-state index < -0.39 is 0 Å². The summed E-state index contributed by atoms with van der Waals surface area (Å²) < 4.78 is 5.79. The van der Waals surface area contributed by atoms with E-state index in [-0.39, 0.29) is 0 Å². The first kappa shape index (κ1) is 17.3. The van der Waals surface area contributed by atoms with Crippen LogP contribution in [0.25, 0.3) is 0 Å². The van der Waals surface area contributed by atoms with E-state index in [0.717, 1.165) is 17.1 Å². The van der Waals surface area contributed by atoms with Crippen molar-refractivity contribution in [2.45, 2.75) is 44.9 Å². The Morgan fingerprint density at radius 1 is 1.16 bits per heavy atom. The Morgan fingerprint density at radius 3 is 2.72 bits per heavy atom. The van der Waals surface area contributed by atoms with E-state index >= 15 is 0 Å². The van der Waals surface area contributed by atoms with Gasteiger partial charge in [-0.1, -0.05) is 43.2 Å². The number of aliphatic imine (C=N–C) groups is 1. The summed E-state index contributed by atoms with van der Waals surface area (Å²) in [4.78, 5) is 8.60. The molecule has 0 bridgehead atoms. The summed E-state index contributed by atoms with van der Waals surface area (Å²) in [7, 11) is 1.81. The van der Waals surface area contributed by atoms with Crippen molar-refractivity contribution in [3.8, 4) is 5.88 Å². The molecule has 1 heterocycles. The SMILES string of the molecule is CN=C(NCc1ccnc(OCc2ccccc2)c1)NC1CCCC1. The van der Waals surface area contributed by atoms with Crippen LogP contribution in [-0.4, -0.2) is 24.0 Å². The number of nitrogens with zero attached hydrogens (tertiary/aromatic N) is 2. The minimum absolute atomic E-state index is 0.523. The highest BCUT2D eigenvalue weighted by atomic mass is 16.5. The fourth-order valence-electron chi connectivity index (χ4n) is 3.01. The van der Waals surface area contributed by atoms with E-state index in [0.29, 0.717) is 25.1 Å². The molecule has 1 saturated carbocycles. The summed E-state index contributed by atoms with van der Waals surface area (Å²) >= 11 is 0. The maximum Gasteiger partial charge on any atom is 0.213 e. The average Bonchev–Trinajstić information content (AvgIpc) is 3.18. The molecule has 0 aliphatic heterocycles. The molecule has 2 aromatic rings. The number of pyridine rings is 1. The lowest BCUT2D eigenvalue weighted by Crippen LogP contribution is -2.41. The number of aromatic nitrogens is 1. The molecular weight excluding hydrogens is 312 g/mol. The maximum atomic E-state index is 5.79. The molecule has 3 rings (SSSR count). The zero-order valence-electron chi connectivity index (χ0n) is 14.7. The van der Waals surface area contributed by atoms with Gasteiger partial charge >= 0.3 is 0 Å². The van der Waals surface area contributed by atoms with E-state index in [2.05, 4.69) is 20.6 Å². The quantitative estimate of drug-likeness (QED) is 0.627. The third-order valence-electron chi connectivity index (χ3n) is 4.41. The van der Waals surface area contributed by atoms with Crippen LogP contribution >= 0.6 is 0 Å². The molecule has 1 aromatic carbocycles. The van der Waals surface area contributed by atoms with Gasteiger partial charge in [0.2, 0.25) is 5.88 Å². The van der Waals surface area contributed by atoms with Crippen LogP contribution < -0.4 is 15.4 Å². The molecule has 132 valence electrons. The Bertz CT molecular complexity index is 681. The van der Waals surface area contributed by atoms with Crippen molar-refractivity contribution in [2.24, 2.45) is 4.99 Å². The maximum absolute atomic E-state index is 5.79. The molecule has 25 heavy (non-hydrogen) atoms. The standard InChI is InChI=1S/C20H26N4O/c1-21-20(24-18-9-5-6-10-18)23-14-17-11-12-22-19(13-17)25-15-16-7-3-2-4-8-16/h2-4,7-8,11-13,18H,5-6,9-10,14-15H2,1H3,(H2,21,23,24). The minimum Gasteiger partial charge on any atom is -0.473 e. The molecule has 1 aliphatic carbocycles. The molecule has 1 aromatic heterocycles. The normalized spacial score (nSPS) is 15.2. The molecule has 0 radical (unpaired) electrons. The molecule has 5 heteroatoms. The fraction of sp³-hybridized carbons (Fsp3) is 0.400. The summed E-state index contributed by atoms with van der Waals surface area (Å²) in [6, 6.07) is 14.6. The van der Waals surface area contributed by atoms with Crippen LogP contribution in [0, 0.1) is 0 Å². The van der Waals surface area contributed by atoms with Gasteiger partial charge in [-0.3, -0.25) is 4.99 Å². The van der Waals surface area contributed by atoms with Crippen molar-refractivity contribution in [1.82, 2.24) is 15.6 Å². The molecule has 0 amide bonds. The lowest BCUT2D eigenvalue weighted by Gasteiger charge is -2.17. The monoisotopic (exact) mass is 338 g/mol. The van der Waals surface area contributed by atoms with Crippen LogP contribution in [0.15, 0.2) is 53.7 Å². The van der Waals surface area contributed by atoms with Gasteiger partial charge in [0, 0.05) is 31.9 Å². The number of benzene rings is 1. The highest BCUT2D eigenvalue weighted by Crippen LogP contribution is 2.17. The van der Waals surface area contributed by atoms with Gasteiger partial charge in [-0.2, -0.15) is 0 Å². The van der Waals surface area contributed by atoms with Crippen LogP contribution in [0.4, 0.5) is 0 Å². The van der Waals surface area contributed by atoms with Gasteiger partial charge in [0.1, 0.15) is 6.61 Å². The van der Waals surface area contributed by atoms with Gasteiger partial charge in [-0.15, -0.1) is 0 Å². The van der Waals surface area contributed by atoms with Gasteiger partial charge < -0.3 is 15.4 Å². The fourth-order valence-corrected chi connectivity index (χ4v) is 3.01. The Kier molecular flexibility index (Phi) is 6.26. The number of hydrogen-bond donors (Lipinski definition) is 2. The van der Waals surface area contributed by atoms with E-state index in [1.165, 1.54) is 25.7 Å². The summed E-state index contributed by atoms with van der Waals surface area (Å²) in [5, 5.41) is 6.86. The number of nitrogens with one attached hydrogen (secondary N) is 2. The minimum atomic E-state index is 0.523. The Morgan fingerprint density at radius 2 is 1.96 bits per heavy atom. The topological polar surface area (TPSA) is 58.5 Å². The first-order chi connectivity index (χ1) is 12.3. The van der Waals surface area contributed by atoms with Gasteiger partial charge in [-0.25, -0.2) is 4.98 Å². The summed E-state index contributed by atoms with van der Waals surface area (Å²) in [5.74, 6) is 1.50. The Balaban J connectivity index is 1.50. The van der Waals surface area contributed by atoms with Gasteiger partial charge in [0.05, 0.1) is 0 Å². The lowest BCUT2D eigenvalue weighted by atomic mass is 10.2. The lowest BCUT2D eigenvalue weighted by molar-refractivity contribution is 0.293. The predicted octanol–water partition coefficient (Wildman–Crippen LogP) is 3.27. The first-order valence-corrected chi connectivity index (χ1v) is 8.92. The largest absolute Gasteiger partial charge is 0.473 e. The molecule has 2 N–H and O–H groups in total. The Labute approximate surface area is 149 Å². The van der Waals surface area contributed by atoms with E-state index in [4.69, 9.17) is 4.74 Å². The van der Waals surface area contributed by atoms with Gasteiger partial charge in [-0.05, 0) is 30.0 Å². The highest BCUT2D eigenvalue weighted by molar-refractivity contribution is 5.79. The number of hydrogen-bond acceptors (Lipinski definition) is 3. The summed E-state index contributed by atoms with van der Waals surface area (Å²) in [5.41, 5.74) is 2.25. The van der Waals surface area contributed by atoms with Crippen LogP contribution in [0.5, 0.6) is 5.88 Å². The van der Waals surface area contributed by atoms with Crippen molar-refractivity contribution in [3.63, 3.8) is 0 Å². The number of rotatable bonds is 6. The predicted molar refractivity (Wildman–Crippen MR) is 101 cm³/mol. The Hall–Kier alpha value is -2.56. The summed E-state index contributed by atoms with van der Waals surface area (Å²) in [6.07, 6.45) is 6.85. The van der Waals surface area contributed by atoms with Crippen molar-refractivity contribution in [3.05, 3.63) is 59.8 Å². The second kappa shape index (κ2) is 9.06. The second-order valence-electron chi connectivity index (χ2n) is 6.33. The zero-order chi connectivity index (χ0) is 17.3. The van der Waals surface area contributed by atoms with Crippen LogP contribution in [-0.2, 0) is 13.2 Å². The number of ether oxygens (including phenoxy) is 1. The van der Waals surface area contributed by atoms with Crippen molar-refractivity contribution >= 4 is 5.96 Å². The molecule has 0 atom stereocenters. The molecular formula is C20H26N4O. The summed E-state index contributed by atoms with van der Waals surface area (Å²) in [6.45, 7) is 1.21. The van der Waals surface area contributed by atoms with E-state index in [1.807, 2.05) is 49.5 Å². The molecule has 0 saturated heterocycles. The first-order valence-electron chi connectivity index (χ1n) is 8.92. The molecule has 5 nitrogen and oxygen atoms in total. The van der Waals surface area contributed by atoms with Crippen molar-refractivity contribution < 1.29 is 4.74 Å². The number of guanidine groups is 1. The third-order valence-corrected chi connectivity index (χ3v) is 4.41. The van der Waals surface area contributed by atoms with E-state index in [1.54, 1.807) is 6.20 Å². The molecule has 1 aliphatic rings. The molecule has 0 spiro atoms. The van der Waals surface area contributed by atoms with Crippen LogP contribution in [0.3, 0.4) is 0 Å². The third kappa shape index (κ3) is 5.48. The highest BCUT2D eigenvalue weighted by Gasteiger charge is 2.15. The van der Waals surface area contributed by atoms with E-state index in [9.17, 15) is 0 Å². The average molecular weight is 338 g/mol. The van der Waals surface area contributed by atoms with Crippen molar-refractivity contribution in [2.75, 3.05) is 7.05 Å². The van der Waals surface area contributed by atoms with Crippen molar-refractivity contribution in [1.29, 1.82) is 0 Å². The molecule has 0 unspecified atom stereocenters. The smallest absolute Gasteiger partial charge is 0.213 e. The molecule has 1 fully saturated rings.